The predicted octanol–water partition coefficient (Wildman–Crippen LogP) is 7.28. The summed E-state index contributed by atoms with van der Waals surface area (Å²) in [7, 11) is 0. The van der Waals surface area contributed by atoms with E-state index in [9.17, 15) is 19.2 Å². The van der Waals surface area contributed by atoms with Gasteiger partial charge in [-0.25, -0.2) is 14.6 Å². The van der Waals surface area contributed by atoms with Crippen molar-refractivity contribution in [1.82, 2.24) is 20.7 Å². The highest BCUT2D eigenvalue weighted by Crippen LogP contribution is 2.32. The fraction of sp³-hybridized carbons (Fsp3) is 0.389. The molecule has 7 rings (SSSR count). The van der Waals surface area contributed by atoms with Gasteiger partial charge in [-0.1, -0.05) is 40.5 Å². The zero-order valence-corrected chi connectivity index (χ0v) is 31.5. The van der Waals surface area contributed by atoms with Gasteiger partial charge in [-0.05, 0) is 96.8 Å². The first-order chi connectivity index (χ1) is 24.4. The number of halogens is 2. The smallest absolute Gasteiger partial charge is 0.414 e. The minimum atomic E-state index is -0.863. The SMILES string of the molecule is Cc1onc2c1C(=O)NC(NC(=O)OC(C)(C)C)=NCc1cc(Cl)c(c(Cl)c1)NC(=O)CN(C(=O)OC(C)(C)C)CCC=CCOc1ccc-2cc1. The zero-order chi connectivity index (χ0) is 38.2. The number of ether oxygens (including phenoxy) is 3. The summed E-state index contributed by atoms with van der Waals surface area (Å²) < 4.78 is 22.1. The summed E-state index contributed by atoms with van der Waals surface area (Å²) in [5.41, 5.74) is -0.0788. The third-order valence-electron chi connectivity index (χ3n) is 6.92. The quantitative estimate of drug-likeness (QED) is 0.199. The van der Waals surface area contributed by atoms with Gasteiger partial charge < -0.3 is 24.1 Å². The van der Waals surface area contributed by atoms with Crippen LogP contribution in [0.2, 0.25) is 10.0 Å². The van der Waals surface area contributed by atoms with E-state index >= 15 is 0 Å². The monoisotopic (exact) mass is 756 g/mol. The Balaban J connectivity index is 1.71. The number of alkyl carbamates (subject to hydrolysis) is 1. The second-order valence-electron chi connectivity index (χ2n) is 13.7. The third kappa shape index (κ3) is 11.7. The highest BCUT2D eigenvalue weighted by molar-refractivity contribution is 6.40. The van der Waals surface area contributed by atoms with E-state index in [1.807, 2.05) is 6.08 Å². The molecule has 0 radical (unpaired) electrons. The van der Waals surface area contributed by atoms with Gasteiger partial charge in [-0.3, -0.25) is 25.1 Å². The lowest BCUT2D eigenvalue weighted by molar-refractivity contribution is -0.117. The summed E-state index contributed by atoms with van der Waals surface area (Å²) in [5.74, 6) is -0.670. The van der Waals surface area contributed by atoms with E-state index in [2.05, 4.69) is 26.1 Å². The van der Waals surface area contributed by atoms with E-state index in [1.54, 1.807) is 78.8 Å². The van der Waals surface area contributed by atoms with Crippen molar-refractivity contribution in [3.63, 3.8) is 0 Å². The largest absolute Gasteiger partial charge is 0.490 e. The normalized spacial score (nSPS) is 14.9. The summed E-state index contributed by atoms with van der Waals surface area (Å²) >= 11 is 13.1. The number of benzene rings is 2. The minimum Gasteiger partial charge on any atom is -0.490 e. The van der Waals surface area contributed by atoms with Crippen molar-refractivity contribution in [2.45, 2.75) is 72.6 Å². The number of hydrogen-bond acceptors (Lipinski definition) is 10. The van der Waals surface area contributed by atoms with E-state index in [0.29, 0.717) is 23.3 Å². The first kappa shape index (κ1) is 39.7. The maximum Gasteiger partial charge on any atom is 0.414 e. The van der Waals surface area contributed by atoms with Crippen molar-refractivity contribution >= 4 is 58.8 Å². The molecule has 278 valence electrons. The van der Waals surface area contributed by atoms with Gasteiger partial charge in [0.05, 0.1) is 22.3 Å². The molecule has 0 aliphatic carbocycles. The second kappa shape index (κ2) is 17.0. The molecule has 14 nitrogen and oxygen atoms in total. The van der Waals surface area contributed by atoms with E-state index < -0.39 is 35.2 Å². The highest BCUT2D eigenvalue weighted by Gasteiger charge is 2.26. The Kier molecular flexibility index (Phi) is 12.9. The molecule has 4 amide bonds. The summed E-state index contributed by atoms with van der Waals surface area (Å²) in [6.07, 6.45) is 2.50. The number of hydrogen-bond donors (Lipinski definition) is 3. The van der Waals surface area contributed by atoms with Crippen LogP contribution in [-0.2, 0) is 20.8 Å². The molecule has 0 saturated carbocycles. The maximum atomic E-state index is 13.7. The lowest BCUT2D eigenvalue weighted by Crippen LogP contribution is -2.46. The maximum absolute atomic E-state index is 13.7. The van der Waals surface area contributed by atoms with Gasteiger partial charge >= 0.3 is 12.2 Å². The van der Waals surface area contributed by atoms with E-state index in [4.69, 9.17) is 41.9 Å². The van der Waals surface area contributed by atoms with E-state index in [0.717, 1.165) is 0 Å². The highest BCUT2D eigenvalue weighted by atomic mass is 35.5. The molecule has 3 aromatic rings. The summed E-state index contributed by atoms with van der Waals surface area (Å²) in [6.45, 7) is 11.8. The molecule has 4 aliphatic heterocycles. The lowest BCUT2D eigenvalue weighted by Gasteiger charge is -2.27. The van der Waals surface area contributed by atoms with Gasteiger partial charge in [0.2, 0.25) is 11.9 Å². The topological polar surface area (TPSA) is 174 Å². The summed E-state index contributed by atoms with van der Waals surface area (Å²) in [6, 6.07) is 9.93. The molecule has 52 heavy (non-hydrogen) atoms. The van der Waals surface area contributed by atoms with E-state index in [-0.39, 0.29) is 65.0 Å². The predicted molar refractivity (Wildman–Crippen MR) is 197 cm³/mol. The van der Waals surface area contributed by atoms with Gasteiger partial charge in [0.15, 0.2) is 0 Å². The van der Waals surface area contributed by atoms with Crippen molar-refractivity contribution < 1.29 is 37.9 Å². The number of nitrogens with zero attached hydrogens (tertiary/aromatic N) is 3. The van der Waals surface area contributed by atoms with Crippen LogP contribution in [-0.4, -0.2) is 70.9 Å². The third-order valence-corrected chi connectivity index (χ3v) is 7.52. The first-order valence-electron chi connectivity index (χ1n) is 16.3. The molecule has 2 aromatic carbocycles. The fourth-order valence-corrected chi connectivity index (χ4v) is 5.33. The van der Waals surface area contributed by atoms with Gasteiger partial charge in [0.25, 0.3) is 5.91 Å². The van der Waals surface area contributed by atoms with Crippen LogP contribution < -0.4 is 20.7 Å². The van der Waals surface area contributed by atoms with Crippen LogP contribution >= 0.6 is 23.2 Å². The average Bonchev–Trinajstić information content (AvgIpc) is 3.42. The van der Waals surface area contributed by atoms with Crippen LogP contribution in [0, 0.1) is 6.92 Å². The fourth-order valence-electron chi connectivity index (χ4n) is 4.71. The van der Waals surface area contributed by atoms with Gasteiger partial charge in [0, 0.05) is 12.1 Å². The molecule has 0 spiro atoms. The molecule has 5 heterocycles. The van der Waals surface area contributed by atoms with E-state index in [1.165, 1.54) is 17.0 Å². The number of nitrogens with one attached hydrogen (secondary N) is 3. The van der Waals surface area contributed by atoms with Gasteiger partial charge in [-0.2, -0.15) is 0 Å². The number of carbonyl (C=O) groups is 4. The van der Waals surface area contributed by atoms with Crippen LogP contribution in [0.25, 0.3) is 11.3 Å². The number of rotatable bonds is 0. The molecule has 1 aromatic heterocycles. The van der Waals surface area contributed by atoms with Crippen molar-refractivity contribution in [2.75, 3.05) is 25.0 Å². The van der Waals surface area contributed by atoms with Crippen molar-refractivity contribution in [3.8, 4) is 17.0 Å². The van der Waals surface area contributed by atoms with Crippen LogP contribution in [0.15, 0.2) is 58.1 Å². The lowest BCUT2D eigenvalue weighted by atomic mass is 10.1. The molecule has 4 bridgehead atoms. The van der Waals surface area contributed by atoms with Crippen LogP contribution in [0.5, 0.6) is 5.75 Å². The molecule has 0 fully saturated rings. The minimum absolute atomic E-state index is 0.0876. The Morgan fingerprint density at radius 1 is 0.942 bits per heavy atom. The van der Waals surface area contributed by atoms with Crippen LogP contribution in [0.3, 0.4) is 0 Å². The first-order valence-corrected chi connectivity index (χ1v) is 17.1. The molecule has 16 heteroatoms. The number of amides is 4. The number of aryl methyl sites for hydroxylation is 1. The Morgan fingerprint density at radius 3 is 2.23 bits per heavy atom. The average molecular weight is 758 g/mol. The van der Waals surface area contributed by atoms with Crippen molar-refractivity contribution in [3.05, 3.63) is 75.5 Å². The number of carbonyl (C=O) groups excluding carboxylic acids is 4. The van der Waals surface area contributed by atoms with Gasteiger partial charge in [0.1, 0.15) is 47.1 Å². The summed E-state index contributed by atoms with van der Waals surface area (Å²) in [4.78, 5) is 58.3. The molecule has 0 atom stereocenters. The van der Waals surface area contributed by atoms with Gasteiger partial charge in [-0.15, -0.1) is 0 Å². The van der Waals surface area contributed by atoms with Crippen LogP contribution in [0.1, 0.15) is 69.6 Å². The van der Waals surface area contributed by atoms with Crippen molar-refractivity contribution in [1.29, 1.82) is 0 Å². The number of guanidine groups is 1. The molecular weight excluding hydrogens is 715 g/mol. The molecule has 4 aliphatic rings. The molecule has 3 N–H and O–H groups in total. The molecule has 0 unspecified atom stereocenters. The Hall–Kier alpha value is -5.08. The number of aliphatic imine (C=N–C) groups is 1. The second-order valence-corrected chi connectivity index (χ2v) is 14.5. The van der Waals surface area contributed by atoms with Crippen LogP contribution in [0.4, 0.5) is 15.3 Å². The zero-order valence-electron chi connectivity index (χ0n) is 30.0. The number of anilines is 1. The van der Waals surface area contributed by atoms with Crippen molar-refractivity contribution in [2.24, 2.45) is 4.99 Å². The Bertz CT molecular complexity index is 1840. The molecular formula is C36H42Cl2N6O8. The Morgan fingerprint density at radius 2 is 1.60 bits per heavy atom. The number of aromatic nitrogens is 1. The summed E-state index contributed by atoms with van der Waals surface area (Å²) in [5, 5.41) is 12.0. The molecule has 0 saturated heterocycles. The Labute approximate surface area is 311 Å². The standard InChI is InChI=1S/C36H42Cl2N6O8/c1-21-28-29(43-52-21)23-11-13-24(14-12-23)49-16-10-8-9-15-44(34(48)51-36(5,6)7)20-27(45)40-30-25(37)17-22(18-26(30)38)19-39-32(41-31(28)46)42-33(47)50-35(2,3)4/h8,10-14,17-18H,9,15-16,19-20H2,1-7H3,(H,40,45)(H2,39,41,42,46,47).